The van der Waals surface area contributed by atoms with Crippen molar-refractivity contribution < 1.29 is 9.47 Å². The Labute approximate surface area is 137 Å². The number of nitrogens with zero attached hydrogens (tertiary/aromatic N) is 3. The van der Waals surface area contributed by atoms with Gasteiger partial charge in [0.2, 0.25) is 0 Å². The molecule has 7 heteroatoms. The van der Waals surface area contributed by atoms with Crippen LogP contribution in [0.3, 0.4) is 0 Å². The van der Waals surface area contributed by atoms with Crippen LogP contribution in [-0.4, -0.2) is 27.5 Å². The maximum Gasteiger partial charge on any atom is 0.180 e. The van der Waals surface area contributed by atoms with E-state index >= 15 is 0 Å². The molecule has 2 aromatic heterocycles. The summed E-state index contributed by atoms with van der Waals surface area (Å²) in [6.45, 7) is 3.08. The van der Waals surface area contributed by atoms with Crippen LogP contribution >= 0.6 is 11.3 Å². The Kier molecular flexibility index (Phi) is 3.42. The van der Waals surface area contributed by atoms with E-state index in [4.69, 9.17) is 15.2 Å². The number of aryl methyl sites for hydroxylation is 1. The minimum absolute atomic E-state index is 0.0646. The quantitative estimate of drug-likeness (QED) is 0.800. The van der Waals surface area contributed by atoms with Crippen LogP contribution in [0.25, 0.3) is 10.6 Å². The summed E-state index contributed by atoms with van der Waals surface area (Å²) in [7, 11) is 0. The molecule has 0 fully saturated rings. The zero-order chi connectivity index (χ0) is 15.8. The van der Waals surface area contributed by atoms with E-state index < -0.39 is 0 Å². The first-order valence-electron chi connectivity index (χ1n) is 7.34. The Morgan fingerprint density at radius 1 is 1.30 bits per heavy atom. The molecule has 23 heavy (non-hydrogen) atoms. The zero-order valence-electron chi connectivity index (χ0n) is 12.6. The predicted octanol–water partition coefficient (Wildman–Crippen LogP) is 2.74. The van der Waals surface area contributed by atoms with Gasteiger partial charge in [-0.2, -0.15) is 5.10 Å². The van der Waals surface area contributed by atoms with Crippen molar-refractivity contribution in [3.63, 3.8) is 0 Å². The summed E-state index contributed by atoms with van der Waals surface area (Å²) in [5.74, 6) is 1.57. The Morgan fingerprint density at radius 3 is 2.91 bits per heavy atom. The van der Waals surface area contributed by atoms with Gasteiger partial charge in [0.15, 0.2) is 22.7 Å². The Hall–Kier alpha value is -2.54. The van der Waals surface area contributed by atoms with Gasteiger partial charge in [0, 0.05) is 6.20 Å². The van der Waals surface area contributed by atoms with Crippen molar-refractivity contribution in [2.24, 2.45) is 0 Å². The van der Waals surface area contributed by atoms with Gasteiger partial charge in [0.1, 0.15) is 12.3 Å². The molecule has 2 N–H and O–H groups in total. The molecule has 1 aliphatic rings. The van der Waals surface area contributed by atoms with Gasteiger partial charge in [0.25, 0.3) is 0 Å². The lowest BCUT2D eigenvalue weighted by Gasteiger charge is -2.26. The van der Waals surface area contributed by atoms with Gasteiger partial charge in [-0.15, -0.1) is 0 Å². The van der Waals surface area contributed by atoms with Gasteiger partial charge >= 0.3 is 0 Å². The highest BCUT2D eigenvalue weighted by Crippen LogP contribution is 2.32. The molecule has 1 atom stereocenters. The number of fused-ring (bicyclic) bond motifs is 1. The van der Waals surface area contributed by atoms with Crippen LogP contribution in [0.2, 0.25) is 0 Å². The summed E-state index contributed by atoms with van der Waals surface area (Å²) in [5.41, 5.74) is 7.54. The van der Waals surface area contributed by atoms with Gasteiger partial charge in [0.05, 0.1) is 17.1 Å². The summed E-state index contributed by atoms with van der Waals surface area (Å²) in [6.07, 6.45) is 1.87. The molecule has 6 nitrogen and oxygen atoms in total. The molecule has 0 aliphatic carbocycles. The first kappa shape index (κ1) is 14.1. The SMILES string of the molecule is Cc1nc(N)sc1-c1ccn(CC2COc3ccccc3O2)n1. The average molecular weight is 328 g/mol. The normalized spacial score (nSPS) is 16.5. The molecule has 3 aromatic rings. The number of thiazole rings is 1. The average Bonchev–Trinajstić information content (AvgIpc) is 3.13. The Balaban J connectivity index is 1.50. The van der Waals surface area contributed by atoms with Crippen LogP contribution in [0.15, 0.2) is 36.5 Å². The van der Waals surface area contributed by atoms with Crippen molar-refractivity contribution in [3.8, 4) is 22.1 Å². The summed E-state index contributed by atoms with van der Waals surface area (Å²) < 4.78 is 13.6. The van der Waals surface area contributed by atoms with Gasteiger partial charge < -0.3 is 15.2 Å². The molecule has 1 unspecified atom stereocenters. The van der Waals surface area contributed by atoms with E-state index in [0.717, 1.165) is 27.8 Å². The van der Waals surface area contributed by atoms with Gasteiger partial charge in [-0.05, 0) is 25.1 Å². The lowest BCUT2D eigenvalue weighted by molar-refractivity contribution is 0.0759. The van der Waals surface area contributed by atoms with Crippen molar-refractivity contribution in [2.75, 3.05) is 12.3 Å². The maximum atomic E-state index is 5.96. The summed E-state index contributed by atoms with van der Waals surface area (Å²) in [4.78, 5) is 5.25. The lowest BCUT2D eigenvalue weighted by Crippen LogP contribution is -2.33. The van der Waals surface area contributed by atoms with Crippen LogP contribution in [0.5, 0.6) is 11.5 Å². The number of ether oxygens (including phenoxy) is 2. The molecular weight excluding hydrogens is 312 g/mol. The third kappa shape index (κ3) is 2.75. The first-order valence-corrected chi connectivity index (χ1v) is 8.16. The number of hydrogen-bond acceptors (Lipinski definition) is 6. The third-order valence-corrected chi connectivity index (χ3v) is 4.65. The number of nitrogens with two attached hydrogens (primary N) is 1. The molecule has 4 rings (SSSR count). The molecule has 0 amide bonds. The van der Waals surface area contributed by atoms with Gasteiger partial charge in [-0.1, -0.05) is 23.5 Å². The monoisotopic (exact) mass is 328 g/mol. The Morgan fingerprint density at radius 2 is 2.13 bits per heavy atom. The summed E-state index contributed by atoms with van der Waals surface area (Å²) >= 11 is 1.45. The molecule has 3 heterocycles. The lowest BCUT2D eigenvalue weighted by atomic mass is 10.2. The topological polar surface area (TPSA) is 75.2 Å². The highest BCUT2D eigenvalue weighted by atomic mass is 32.1. The fraction of sp³-hybridized carbons (Fsp3) is 0.250. The van der Waals surface area contributed by atoms with Crippen LogP contribution < -0.4 is 15.2 Å². The molecule has 1 aromatic carbocycles. The van der Waals surface area contributed by atoms with Crippen LogP contribution in [0.1, 0.15) is 5.69 Å². The largest absolute Gasteiger partial charge is 0.486 e. The second-order valence-corrected chi connectivity index (χ2v) is 6.42. The minimum Gasteiger partial charge on any atom is -0.486 e. The van der Waals surface area contributed by atoms with Crippen molar-refractivity contribution in [1.29, 1.82) is 0 Å². The smallest absolute Gasteiger partial charge is 0.180 e. The highest BCUT2D eigenvalue weighted by Gasteiger charge is 2.21. The molecule has 0 saturated heterocycles. The van der Waals surface area contributed by atoms with E-state index in [1.807, 2.05) is 48.1 Å². The van der Waals surface area contributed by atoms with E-state index in [9.17, 15) is 0 Å². The van der Waals surface area contributed by atoms with Gasteiger partial charge in [-0.3, -0.25) is 4.68 Å². The summed E-state index contributed by atoms with van der Waals surface area (Å²) in [6, 6.07) is 9.67. The van der Waals surface area contributed by atoms with E-state index in [0.29, 0.717) is 18.3 Å². The van der Waals surface area contributed by atoms with Gasteiger partial charge in [-0.25, -0.2) is 4.98 Å². The fourth-order valence-electron chi connectivity index (χ4n) is 2.60. The molecular formula is C16H16N4O2S. The third-order valence-electron chi connectivity index (χ3n) is 3.64. The Bertz CT molecular complexity index is 842. The molecule has 1 aliphatic heterocycles. The van der Waals surface area contributed by atoms with E-state index in [1.54, 1.807) is 0 Å². The molecule has 0 saturated carbocycles. The van der Waals surface area contributed by atoms with Crippen molar-refractivity contribution in [3.05, 3.63) is 42.2 Å². The van der Waals surface area contributed by atoms with Crippen molar-refractivity contribution >= 4 is 16.5 Å². The minimum atomic E-state index is -0.0646. The number of hydrogen-bond donors (Lipinski definition) is 1. The fourth-order valence-corrected chi connectivity index (χ4v) is 3.40. The van der Waals surface area contributed by atoms with E-state index in [2.05, 4.69) is 10.1 Å². The second kappa shape index (κ2) is 5.58. The maximum absolute atomic E-state index is 5.96. The number of aromatic nitrogens is 3. The summed E-state index contributed by atoms with van der Waals surface area (Å²) in [5, 5.41) is 5.16. The van der Waals surface area contributed by atoms with Crippen molar-refractivity contribution in [1.82, 2.24) is 14.8 Å². The number of rotatable bonds is 3. The van der Waals surface area contributed by atoms with Crippen LogP contribution in [0.4, 0.5) is 5.13 Å². The molecule has 0 radical (unpaired) electrons. The first-order chi connectivity index (χ1) is 11.2. The number of para-hydroxylation sites is 2. The molecule has 0 bridgehead atoms. The zero-order valence-corrected chi connectivity index (χ0v) is 13.4. The number of benzene rings is 1. The molecule has 0 spiro atoms. The van der Waals surface area contributed by atoms with Crippen molar-refractivity contribution in [2.45, 2.75) is 19.6 Å². The van der Waals surface area contributed by atoms with E-state index in [1.165, 1.54) is 11.3 Å². The number of nitrogen functional groups attached to an aromatic ring is 1. The standard InChI is InChI=1S/C16H16N4O2S/c1-10-15(23-16(17)18-10)12-6-7-20(19-12)8-11-9-21-13-4-2-3-5-14(13)22-11/h2-7,11H,8-9H2,1H3,(H2,17,18). The predicted molar refractivity (Wildman–Crippen MR) is 88.8 cm³/mol. The van der Waals surface area contributed by atoms with E-state index in [-0.39, 0.29) is 6.10 Å². The van der Waals surface area contributed by atoms with Crippen LogP contribution in [0, 0.1) is 6.92 Å². The second-order valence-electron chi connectivity index (χ2n) is 5.39. The van der Waals surface area contributed by atoms with Crippen LogP contribution in [-0.2, 0) is 6.54 Å². The molecule has 118 valence electrons. The highest BCUT2D eigenvalue weighted by molar-refractivity contribution is 7.18. The number of anilines is 1.